The lowest BCUT2D eigenvalue weighted by atomic mass is 10.3. The second-order valence-electron chi connectivity index (χ2n) is 3.83. The summed E-state index contributed by atoms with van der Waals surface area (Å²) >= 11 is 0. The normalized spacial score (nSPS) is 15.1. The van der Waals surface area contributed by atoms with Crippen LogP contribution in [0.4, 0.5) is 0 Å². The van der Waals surface area contributed by atoms with Crippen molar-refractivity contribution in [3.05, 3.63) is 24.3 Å². The Hall–Kier alpha value is -1.11. The van der Waals surface area contributed by atoms with Gasteiger partial charge in [-0.05, 0) is 24.3 Å². The van der Waals surface area contributed by atoms with Crippen molar-refractivity contribution >= 4 is 10.0 Å². The minimum Gasteiger partial charge on any atom is -0.497 e. The molecule has 0 saturated carbocycles. The highest BCUT2D eigenvalue weighted by molar-refractivity contribution is 7.89. The molecule has 0 bridgehead atoms. The first-order chi connectivity index (χ1) is 10.1. The number of nitrogens with zero attached hydrogens (tertiary/aromatic N) is 1. The zero-order valence-electron chi connectivity index (χ0n) is 13.7. The third-order valence-electron chi connectivity index (χ3n) is 2.77. The highest BCUT2D eigenvalue weighted by Gasteiger charge is 2.25. The van der Waals surface area contributed by atoms with Crippen LogP contribution in [0.1, 0.15) is 27.7 Å². The first-order valence-corrected chi connectivity index (χ1v) is 8.93. The predicted octanol–water partition coefficient (Wildman–Crippen LogP) is 2.34. The van der Waals surface area contributed by atoms with Gasteiger partial charge in [-0.1, -0.05) is 27.7 Å². The highest BCUT2D eigenvalue weighted by atomic mass is 32.2. The Morgan fingerprint density at radius 2 is 1.48 bits per heavy atom. The van der Waals surface area contributed by atoms with Crippen molar-refractivity contribution < 1.29 is 13.2 Å². The van der Waals surface area contributed by atoms with Crippen molar-refractivity contribution in [2.24, 2.45) is 0 Å². The molecule has 1 aliphatic heterocycles. The maximum absolute atomic E-state index is 12.2. The molecule has 0 atom stereocenters. The van der Waals surface area contributed by atoms with Crippen LogP contribution in [0.3, 0.4) is 0 Å². The van der Waals surface area contributed by atoms with Crippen molar-refractivity contribution in [2.75, 3.05) is 33.3 Å². The minimum atomic E-state index is -3.35. The van der Waals surface area contributed by atoms with Gasteiger partial charge in [0.05, 0.1) is 12.0 Å². The molecule has 21 heavy (non-hydrogen) atoms. The van der Waals surface area contributed by atoms with E-state index in [4.69, 9.17) is 4.74 Å². The Morgan fingerprint density at radius 3 is 1.90 bits per heavy atom. The fourth-order valence-corrected chi connectivity index (χ4v) is 3.22. The summed E-state index contributed by atoms with van der Waals surface area (Å²) in [6, 6.07) is 6.48. The van der Waals surface area contributed by atoms with E-state index in [0.29, 0.717) is 36.8 Å². The molecule has 5 nitrogen and oxygen atoms in total. The van der Waals surface area contributed by atoms with Crippen LogP contribution >= 0.6 is 0 Å². The molecule has 0 aliphatic carbocycles. The lowest BCUT2D eigenvalue weighted by Gasteiger charge is -2.26. The van der Waals surface area contributed by atoms with E-state index in [9.17, 15) is 8.42 Å². The van der Waals surface area contributed by atoms with E-state index in [1.165, 1.54) is 4.31 Å². The van der Waals surface area contributed by atoms with E-state index in [1.54, 1.807) is 31.4 Å². The third-order valence-corrected chi connectivity index (χ3v) is 4.69. The number of methoxy groups -OCH3 is 1. The van der Waals surface area contributed by atoms with Gasteiger partial charge in [0.25, 0.3) is 0 Å². The van der Waals surface area contributed by atoms with Gasteiger partial charge in [0, 0.05) is 26.2 Å². The topological polar surface area (TPSA) is 58.6 Å². The van der Waals surface area contributed by atoms with Crippen LogP contribution in [-0.2, 0) is 10.0 Å². The van der Waals surface area contributed by atoms with Gasteiger partial charge in [0.15, 0.2) is 0 Å². The maximum atomic E-state index is 12.2. The second-order valence-corrected chi connectivity index (χ2v) is 5.77. The summed E-state index contributed by atoms with van der Waals surface area (Å²) in [6.45, 7) is 10.5. The Balaban J connectivity index is 0.000000921. The van der Waals surface area contributed by atoms with E-state index < -0.39 is 10.0 Å². The lowest BCUT2D eigenvalue weighted by molar-refractivity contribution is 0.360. The summed E-state index contributed by atoms with van der Waals surface area (Å²) in [7, 11) is -1.79. The van der Waals surface area contributed by atoms with Crippen LogP contribution in [0.15, 0.2) is 29.2 Å². The molecule has 1 aliphatic rings. The monoisotopic (exact) mass is 316 g/mol. The van der Waals surface area contributed by atoms with Gasteiger partial charge in [-0.25, -0.2) is 8.42 Å². The SMILES string of the molecule is CC.CC.COc1ccc(S(=O)(=O)N2CCNCC2)cc1. The smallest absolute Gasteiger partial charge is 0.243 e. The first kappa shape index (κ1) is 19.9. The Morgan fingerprint density at radius 1 is 1.00 bits per heavy atom. The van der Waals surface area contributed by atoms with E-state index in [-0.39, 0.29) is 0 Å². The average Bonchev–Trinajstić information content (AvgIpc) is 2.59. The summed E-state index contributed by atoms with van der Waals surface area (Å²) in [5, 5.41) is 3.13. The molecule has 0 spiro atoms. The van der Waals surface area contributed by atoms with Gasteiger partial charge in [-0.2, -0.15) is 4.31 Å². The molecule has 0 amide bonds. The van der Waals surface area contributed by atoms with E-state index >= 15 is 0 Å². The molecule has 1 saturated heterocycles. The Bertz CT molecular complexity index is 466. The van der Waals surface area contributed by atoms with Gasteiger partial charge < -0.3 is 10.1 Å². The number of nitrogens with one attached hydrogen (secondary N) is 1. The van der Waals surface area contributed by atoms with Crippen LogP contribution in [0.5, 0.6) is 5.75 Å². The van der Waals surface area contributed by atoms with Crippen molar-refractivity contribution in [3.63, 3.8) is 0 Å². The van der Waals surface area contributed by atoms with E-state index in [2.05, 4.69) is 5.32 Å². The quantitative estimate of drug-likeness (QED) is 0.930. The van der Waals surface area contributed by atoms with Gasteiger partial charge in [-0.15, -0.1) is 0 Å². The minimum absolute atomic E-state index is 0.320. The summed E-state index contributed by atoms with van der Waals surface area (Å²) in [6.07, 6.45) is 0. The largest absolute Gasteiger partial charge is 0.497 e. The van der Waals surface area contributed by atoms with Gasteiger partial charge in [-0.3, -0.25) is 0 Å². The molecule has 1 aromatic rings. The summed E-state index contributed by atoms with van der Waals surface area (Å²) in [4.78, 5) is 0.320. The molecular formula is C15H28N2O3S. The summed E-state index contributed by atoms with van der Waals surface area (Å²) in [5.41, 5.74) is 0. The van der Waals surface area contributed by atoms with Crippen LogP contribution in [0.2, 0.25) is 0 Å². The molecule has 0 unspecified atom stereocenters. The van der Waals surface area contributed by atoms with Gasteiger partial charge in [0.2, 0.25) is 10.0 Å². The molecular weight excluding hydrogens is 288 g/mol. The molecule has 6 heteroatoms. The molecule has 1 aromatic carbocycles. The fraction of sp³-hybridized carbons (Fsp3) is 0.600. The Labute approximate surface area is 129 Å². The Kier molecular flexibility index (Phi) is 10.0. The van der Waals surface area contributed by atoms with Crippen LogP contribution in [0, 0.1) is 0 Å². The third kappa shape index (κ3) is 5.65. The van der Waals surface area contributed by atoms with Crippen LogP contribution in [0.25, 0.3) is 0 Å². The average molecular weight is 316 g/mol. The molecule has 1 heterocycles. The zero-order chi connectivity index (χ0) is 16.3. The predicted molar refractivity (Wildman–Crippen MR) is 87.3 cm³/mol. The molecule has 1 fully saturated rings. The number of hydrogen-bond donors (Lipinski definition) is 1. The molecule has 122 valence electrons. The maximum Gasteiger partial charge on any atom is 0.243 e. The molecule has 0 radical (unpaired) electrons. The van der Waals surface area contributed by atoms with Crippen LogP contribution in [-0.4, -0.2) is 46.0 Å². The first-order valence-electron chi connectivity index (χ1n) is 7.49. The number of hydrogen-bond acceptors (Lipinski definition) is 4. The summed E-state index contributed by atoms with van der Waals surface area (Å²) < 4.78 is 31.0. The lowest BCUT2D eigenvalue weighted by Crippen LogP contribution is -2.46. The molecule has 1 N–H and O–H groups in total. The number of ether oxygens (including phenoxy) is 1. The standard InChI is InChI=1S/C11H16N2O3S.2C2H6/c1-16-10-2-4-11(5-3-10)17(14,15)13-8-6-12-7-9-13;2*1-2/h2-5,12H,6-9H2,1H3;2*1-2H3. The second kappa shape index (κ2) is 10.6. The number of benzene rings is 1. The fourth-order valence-electron chi connectivity index (χ4n) is 1.78. The van der Waals surface area contributed by atoms with Gasteiger partial charge >= 0.3 is 0 Å². The number of rotatable bonds is 3. The summed E-state index contributed by atoms with van der Waals surface area (Å²) in [5.74, 6) is 0.657. The van der Waals surface area contributed by atoms with Crippen molar-refractivity contribution in [2.45, 2.75) is 32.6 Å². The zero-order valence-corrected chi connectivity index (χ0v) is 14.5. The molecule has 2 rings (SSSR count). The van der Waals surface area contributed by atoms with Crippen molar-refractivity contribution in [3.8, 4) is 5.75 Å². The van der Waals surface area contributed by atoms with E-state index in [1.807, 2.05) is 27.7 Å². The van der Waals surface area contributed by atoms with Crippen molar-refractivity contribution in [1.82, 2.24) is 9.62 Å². The van der Waals surface area contributed by atoms with E-state index in [0.717, 1.165) is 0 Å². The highest BCUT2D eigenvalue weighted by Crippen LogP contribution is 2.19. The molecule has 0 aromatic heterocycles. The van der Waals surface area contributed by atoms with Gasteiger partial charge in [0.1, 0.15) is 5.75 Å². The number of sulfonamides is 1. The number of piperazine rings is 1. The van der Waals surface area contributed by atoms with Crippen molar-refractivity contribution in [1.29, 1.82) is 0 Å². The van der Waals surface area contributed by atoms with Crippen LogP contribution < -0.4 is 10.1 Å².